The van der Waals surface area contributed by atoms with E-state index in [0.717, 1.165) is 5.56 Å². The summed E-state index contributed by atoms with van der Waals surface area (Å²) < 4.78 is 13.4. The summed E-state index contributed by atoms with van der Waals surface area (Å²) in [7, 11) is 0. The lowest BCUT2D eigenvalue weighted by atomic mass is 10.2. The fourth-order valence-electron chi connectivity index (χ4n) is 1.23. The van der Waals surface area contributed by atoms with Crippen molar-refractivity contribution in [1.82, 2.24) is 25.9 Å². The van der Waals surface area contributed by atoms with Crippen molar-refractivity contribution in [3.8, 4) is 0 Å². The lowest BCUT2D eigenvalue weighted by Gasteiger charge is -2.03. The summed E-state index contributed by atoms with van der Waals surface area (Å²) in [6.07, 6.45) is 0. The highest BCUT2D eigenvalue weighted by Crippen LogP contribution is 2.16. The molecule has 0 aliphatic rings. The van der Waals surface area contributed by atoms with E-state index >= 15 is 0 Å². The molecule has 1 heterocycles. The number of tetrazole rings is 1. The summed E-state index contributed by atoms with van der Waals surface area (Å²) in [6.45, 7) is 1.14. The van der Waals surface area contributed by atoms with Crippen LogP contribution in [0.25, 0.3) is 0 Å². The first kappa shape index (κ1) is 11.2. The van der Waals surface area contributed by atoms with Crippen molar-refractivity contribution in [1.29, 1.82) is 0 Å². The number of aromatic amines is 1. The topological polar surface area (TPSA) is 66.5 Å². The lowest BCUT2D eigenvalue weighted by molar-refractivity contribution is 0.617. The summed E-state index contributed by atoms with van der Waals surface area (Å²) in [5.41, 5.74) is 0.983. The van der Waals surface area contributed by atoms with Crippen molar-refractivity contribution in [3.05, 3.63) is 39.9 Å². The normalized spacial score (nSPS) is 10.6. The van der Waals surface area contributed by atoms with Gasteiger partial charge in [-0.1, -0.05) is 11.3 Å². The number of hydrogen-bond donors (Lipinski definition) is 2. The first-order chi connectivity index (χ1) is 7.75. The van der Waals surface area contributed by atoms with Crippen LogP contribution < -0.4 is 5.32 Å². The van der Waals surface area contributed by atoms with E-state index in [1.54, 1.807) is 12.1 Å². The average Bonchev–Trinajstić information content (AvgIpc) is 2.76. The molecule has 5 nitrogen and oxygen atoms in total. The standard InChI is InChI=1S/C9H9BrFN5/c10-7-3-6(1-2-8(7)11)4-12-5-9-13-15-16-14-9/h1-3,12H,4-5H2,(H,13,14,15,16). The van der Waals surface area contributed by atoms with Crippen LogP contribution in [0.4, 0.5) is 4.39 Å². The van der Waals surface area contributed by atoms with Crippen LogP contribution in [0.3, 0.4) is 0 Å². The Bertz CT molecular complexity index is 459. The van der Waals surface area contributed by atoms with Crippen LogP contribution in [0.1, 0.15) is 11.4 Å². The Morgan fingerprint density at radius 2 is 2.25 bits per heavy atom. The van der Waals surface area contributed by atoms with Crippen molar-refractivity contribution in [2.24, 2.45) is 0 Å². The maximum absolute atomic E-state index is 12.9. The number of hydrogen-bond acceptors (Lipinski definition) is 4. The highest BCUT2D eigenvalue weighted by atomic mass is 79.9. The van der Waals surface area contributed by atoms with Crippen LogP contribution >= 0.6 is 15.9 Å². The summed E-state index contributed by atoms with van der Waals surface area (Å²) in [4.78, 5) is 0. The number of aromatic nitrogens is 4. The molecule has 0 saturated heterocycles. The van der Waals surface area contributed by atoms with E-state index in [9.17, 15) is 4.39 Å². The molecular formula is C9H9BrFN5. The SMILES string of the molecule is Fc1ccc(CNCc2nn[nH]n2)cc1Br. The maximum Gasteiger partial charge on any atom is 0.188 e. The molecule has 0 aliphatic carbocycles. The van der Waals surface area contributed by atoms with Crippen LogP contribution in [-0.2, 0) is 13.1 Å². The van der Waals surface area contributed by atoms with Crippen molar-refractivity contribution in [3.63, 3.8) is 0 Å². The number of rotatable bonds is 4. The Hall–Kier alpha value is -1.34. The molecule has 0 amide bonds. The van der Waals surface area contributed by atoms with Crippen LogP contribution in [0.5, 0.6) is 0 Å². The molecule has 7 heteroatoms. The highest BCUT2D eigenvalue weighted by molar-refractivity contribution is 9.10. The van der Waals surface area contributed by atoms with Gasteiger partial charge in [0.15, 0.2) is 5.82 Å². The molecule has 0 radical (unpaired) electrons. The molecule has 1 aromatic carbocycles. The molecule has 0 fully saturated rings. The minimum atomic E-state index is -0.262. The number of halogens is 2. The van der Waals surface area contributed by atoms with Gasteiger partial charge in [0.2, 0.25) is 0 Å². The van der Waals surface area contributed by atoms with E-state index in [1.807, 2.05) is 0 Å². The van der Waals surface area contributed by atoms with Gasteiger partial charge < -0.3 is 5.32 Å². The van der Waals surface area contributed by atoms with Crippen LogP contribution in [0.15, 0.2) is 22.7 Å². The fourth-order valence-corrected chi connectivity index (χ4v) is 1.65. The predicted molar refractivity (Wildman–Crippen MR) is 58.8 cm³/mol. The molecule has 1 aromatic heterocycles. The first-order valence-electron chi connectivity index (χ1n) is 4.62. The van der Waals surface area contributed by atoms with Gasteiger partial charge >= 0.3 is 0 Å². The van der Waals surface area contributed by atoms with Crippen LogP contribution in [-0.4, -0.2) is 20.6 Å². The molecule has 0 spiro atoms. The molecule has 0 aliphatic heterocycles. The second-order valence-corrected chi connectivity index (χ2v) is 4.03. The minimum absolute atomic E-state index is 0.262. The third-order valence-electron chi connectivity index (χ3n) is 1.99. The highest BCUT2D eigenvalue weighted by Gasteiger charge is 2.01. The summed E-state index contributed by atoms with van der Waals surface area (Å²) in [5, 5.41) is 16.5. The van der Waals surface area contributed by atoms with E-state index in [-0.39, 0.29) is 5.82 Å². The smallest absolute Gasteiger partial charge is 0.188 e. The van der Waals surface area contributed by atoms with Gasteiger partial charge in [-0.05, 0) is 33.6 Å². The maximum atomic E-state index is 12.9. The fraction of sp³-hybridized carbons (Fsp3) is 0.222. The second-order valence-electron chi connectivity index (χ2n) is 3.18. The van der Waals surface area contributed by atoms with Gasteiger partial charge in [-0.2, -0.15) is 5.21 Å². The van der Waals surface area contributed by atoms with Crippen molar-refractivity contribution >= 4 is 15.9 Å². The van der Waals surface area contributed by atoms with Gasteiger partial charge in [0.1, 0.15) is 5.82 Å². The zero-order valence-corrected chi connectivity index (χ0v) is 9.83. The summed E-state index contributed by atoms with van der Waals surface area (Å²) in [6, 6.07) is 4.89. The first-order valence-corrected chi connectivity index (χ1v) is 5.42. The zero-order valence-electron chi connectivity index (χ0n) is 8.24. The Kier molecular flexibility index (Phi) is 3.58. The predicted octanol–water partition coefficient (Wildman–Crippen LogP) is 1.39. The second kappa shape index (κ2) is 5.13. The lowest BCUT2D eigenvalue weighted by Crippen LogP contribution is -2.13. The van der Waals surface area contributed by atoms with E-state index in [4.69, 9.17) is 0 Å². The van der Waals surface area contributed by atoms with Crippen LogP contribution in [0.2, 0.25) is 0 Å². The molecular weight excluding hydrogens is 277 g/mol. The van der Waals surface area contributed by atoms with E-state index in [0.29, 0.717) is 23.4 Å². The number of H-pyrrole nitrogens is 1. The molecule has 2 aromatic rings. The number of nitrogens with one attached hydrogen (secondary N) is 2. The van der Waals surface area contributed by atoms with Gasteiger partial charge in [-0.25, -0.2) is 4.39 Å². The Morgan fingerprint density at radius 3 is 2.94 bits per heavy atom. The third-order valence-corrected chi connectivity index (χ3v) is 2.59. The van der Waals surface area contributed by atoms with E-state index < -0.39 is 0 Å². The zero-order chi connectivity index (χ0) is 11.4. The van der Waals surface area contributed by atoms with Gasteiger partial charge in [-0.3, -0.25) is 0 Å². The summed E-state index contributed by atoms with van der Waals surface area (Å²) in [5.74, 6) is 0.336. The van der Waals surface area contributed by atoms with Crippen molar-refractivity contribution < 1.29 is 4.39 Å². The molecule has 0 unspecified atom stereocenters. The van der Waals surface area contributed by atoms with Gasteiger partial charge in [-0.15, -0.1) is 10.2 Å². The monoisotopic (exact) mass is 285 g/mol. The quantitative estimate of drug-likeness (QED) is 0.891. The molecule has 0 atom stereocenters. The molecule has 2 N–H and O–H groups in total. The van der Waals surface area contributed by atoms with Crippen LogP contribution in [0, 0.1) is 5.82 Å². The van der Waals surface area contributed by atoms with Crippen molar-refractivity contribution in [2.75, 3.05) is 0 Å². The van der Waals surface area contributed by atoms with Crippen molar-refractivity contribution in [2.45, 2.75) is 13.1 Å². The molecule has 0 saturated carbocycles. The number of benzene rings is 1. The average molecular weight is 286 g/mol. The Balaban J connectivity index is 1.87. The van der Waals surface area contributed by atoms with E-state index in [2.05, 4.69) is 41.9 Å². The third kappa shape index (κ3) is 2.83. The molecule has 84 valence electrons. The Labute approximate surface area is 99.6 Å². The molecule has 16 heavy (non-hydrogen) atoms. The Morgan fingerprint density at radius 1 is 1.38 bits per heavy atom. The molecule has 2 rings (SSSR count). The summed E-state index contributed by atoms with van der Waals surface area (Å²) >= 11 is 3.13. The number of nitrogens with zero attached hydrogens (tertiary/aromatic N) is 3. The van der Waals surface area contributed by atoms with Gasteiger partial charge in [0.05, 0.1) is 11.0 Å². The minimum Gasteiger partial charge on any atom is -0.306 e. The molecule has 0 bridgehead atoms. The van der Waals surface area contributed by atoms with E-state index in [1.165, 1.54) is 6.07 Å². The van der Waals surface area contributed by atoms with Gasteiger partial charge in [0, 0.05) is 6.54 Å². The largest absolute Gasteiger partial charge is 0.306 e. The van der Waals surface area contributed by atoms with Gasteiger partial charge in [0.25, 0.3) is 0 Å².